The van der Waals surface area contributed by atoms with Crippen LogP contribution in [0.3, 0.4) is 0 Å². The normalized spacial score (nSPS) is 17.9. The molecule has 0 saturated carbocycles. The Balaban J connectivity index is 1.68. The lowest BCUT2D eigenvalue weighted by Crippen LogP contribution is -2.51. The largest absolute Gasteiger partial charge is 0.356 e. The highest BCUT2D eigenvalue weighted by Gasteiger charge is 2.30. The molecule has 1 aliphatic heterocycles. The van der Waals surface area contributed by atoms with Crippen LogP contribution in [-0.2, 0) is 9.59 Å². The summed E-state index contributed by atoms with van der Waals surface area (Å²) in [4.78, 5) is 48.9. The molecule has 3 rings (SSSR count). The zero-order valence-electron chi connectivity index (χ0n) is 18.0. The molecule has 1 aromatic carbocycles. The van der Waals surface area contributed by atoms with Crippen LogP contribution in [0.25, 0.3) is 11.0 Å². The second-order valence-corrected chi connectivity index (χ2v) is 8.38. The van der Waals surface area contributed by atoms with Crippen molar-refractivity contribution >= 4 is 35.5 Å². The third-order valence-electron chi connectivity index (χ3n) is 5.36. The van der Waals surface area contributed by atoms with Crippen LogP contribution in [0.1, 0.15) is 43.7 Å². The second-order valence-electron chi connectivity index (χ2n) is 8.38. The molecule has 0 spiro atoms. The van der Waals surface area contributed by atoms with Gasteiger partial charge in [0.2, 0.25) is 11.8 Å². The van der Waals surface area contributed by atoms with Gasteiger partial charge >= 0.3 is 0 Å². The van der Waals surface area contributed by atoms with Crippen LogP contribution in [0.15, 0.2) is 29.3 Å². The number of rotatable bonds is 10. The molecule has 3 amide bonds. The Kier molecular flexibility index (Phi) is 7.38. The molecule has 0 bridgehead atoms. The third-order valence-corrected chi connectivity index (χ3v) is 5.36. The van der Waals surface area contributed by atoms with E-state index in [4.69, 9.17) is 0 Å². The van der Waals surface area contributed by atoms with Crippen molar-refractivity contribution in [1.29, 1.82) is 0 Å². The van der Waals surface area contributed by atoms with E-state index in [2.05, 4.69) is 37.6 Å². The zero-order chi connectivity index (χ0) is 22.4. The van der Waals surface area contributed by atoms with Gasteiger partial charge in [-0.25, -0.2) is 4.98 Å². The van der Waals surface area contributed by atoms with Gasteiger partial charge in [-0.1, -0.05) is 26.0 Å². The Morgan fingerprint density at radius 3 is 2.71 bits per heavy atom. The Hall–Kier alpha value is -3.23. The molecule has 31 heavy (non-hydrogen) atoms. The number of imidazole rings is 1. The monoisotopic (exact) mass is 426 g/mol. The fourth-order valence-electron chi connectivity index (χ4n) is 3.84. The third kappa shape index (κ3) is 5.90. The number of para-hydroxylation sites is 2. The highest BCUT2D eigenvalue weighted by atomic mass is 16.2. The van der Waals surface area contributed by atoms with Crippen molar-refractivity contribution < 1.29 is 14.4 Å². The summed E-state index contributed by atoms with van der Waals surface area (Å²) in [7, 11) is 0. The smallest absolute Gasteiger partial charge is 0.287 e. The molecule has 1 aromatic heterocycles. The van der Waals surface area contributed by atoms with Gasteiger partial charge in [-0.15, -0.1) is 0 Å². The van der Waals surface area contributed by atoms with Crippen LogP contribution < -0.4 is 16.0 Å². The summed E-state index contributed by atoms with van der Waals surface area (Å²) in [6.07, 6.45) is 1.69. The molecular weight excluding hydrogens is 396 g/mol. The summed E-state index contributed by atoms with van der Waals surface area (Å²) in [5, 5.41) is 8.57. The first-order valence-corrected chi connectivity index (χ1v) is 10.6. The molecule has 9 nitrogen and oxygen atoms in total. The molecule has 2 heterocycles. The summed E-state index contributed by atoms with van der Waals surface area (Å²) in [5.74, 6) is -0.547. The van der Waals surface area contributed by atoms with E-state index in [1.165, 1.54) is 0 Å². The highest BCUT2D eigenvalue weighted by molar-refractivity contribution is 5.97. The number of fused-ring (bicyclic) bond motifs is 1. The summed E-state index contributed by atoms with van der Waals surface area (Å²) in [5.41, 5.74) is 1.44. The predicted molar refractivity (Wildman–Crippen MR) is 119 cm³/mol. The Morgan fingerprint density at radius 2 is 2.06 bits per heavy atom. The number of carbonyl (C=O) groups excluding carboxylic acids is 3. The van der Waals surface area contributed by atoms with Gasteiger partial charge in [0, 0.05) is 18.5 Å². The lowest BCUT2D eigenvalue weighted by atomic mass is 9.97. The highest BCUT2D eigenvalue weighted by Crippen LogP contribution is 2.17. The van der Waals surface area contributed by atoms with Gasteiger partial charge in [-0.3, -0.25) is 19.4 Å². The average Bonchev–Trinajstić information content (AvgIpc) is 3.33. The van der Waals surface area contributed by atoms with Crippen LogP contribution in [0.2, 0.25) is 0 Å². The summed E-state index contributed by atoms with van der Waals surface area (Å²) in [6, 6.07) is 6.30. The van der Waals surface area contributed by atoms with Crippen molar-refractivity contribution in [1.82, 2.24) is 25.9 Å². The number of benzene rings is 1. The van der Waals surface area contributed by atoms with Gasteiger partial charge in [0.15, 0.2) is 5.82 Å². The van der Waals surface area contributed by atoms with Gasteiger partial charge < -0.3 is 20.9 Å². The van der Waals surface area contributed by atoms with E-state index in [0.717, 1.165) is 11.9 Å². The van der Waals surface area contributed by atoms with Crippen LogP contribution in [0.5, 0.6) is 0 Å². The van der Waals surface area contributed by atoms with Crippen LogP contribution in [-0.4, -0.2) is 59.6 Å². The van der Waals surface area contributed by atoms with Gasteiger partial charge in [0.1, 0.15) is 6.04 Å². The first-order chi connectivity index (χ1) is 14.9. The first kappa shape index (κ1) is 22.5. The number of aliphatic imine (C=N–C) groups is 1. The van der Waals surface area contributed by atoms with Crippen LogP contribution >= 0.6 is 0 Å². The minimum absolute atomic E-state index is 0.000213. The lowest BCUT2D eigenvalue weighted by Gasteiger charge is -2.24. The van der Waals surface area contributed by atoms with Gasteiger partial charge in [0.25, 0.3) is 5.91 Å². The fraction of sp³-hybridized carbons (Fsp3) is 0.500. The molecule has 0 aliphatic carbocycles. The van der Waals surface area contributed by atoms with E-state index < -0.39 is 11.9 Å². The topological polar surface area (TPSA) is 128 Å². The minimum atomic E-state index is -0.731. The SMILES string of the molecule is C=NCC(CC1CCNC1=O)NC(=O)C(CC(C)C)NC(=O)c1nc2ccccc2[nH]1. The fourth-order valence-corrected chi connectivity index (χ4v) is 3.84. The molecule has 4 N–H and O–H groups in total. The summed E-state index contributed by atoms with van der Waals surface area (Å²) < 4.78 is 0. The summed E-state index contributed by atoms with van der Waals surface area (Å²) in [6.45, 7) is 8.45. The van der Waals surface area contributed by atoms with Gasteiger partial charge in [0.05, 0.1) is 17.6 Å². The predicted octanol–water partition coefficient (Wildman–Crippen LogP) is 1.42. The Bertz CT molecular complexity index is 921. The van der Waals surface area contributed by atoms with E-state index in [1.807, 2.05) is 38.1 Å². The lowest BCUT2D eigenvalue weighted by molar-refractivity contribution is -0.125. The maximum atomic E-state index is 13.0. The van der Waals surface area contributed by atoms with E-state index in [1.54, 1.807) is 0 Å². The molecule has 1 aliphatic rings. The van der Waals surface area contributed by atoms with Crippen molar-refractivity contribution in [2.75, 3.05) is 13.1 Å². The number of hydrogen-bond donors (Lipinski definition) is 4. The Labute approximate surface area is 181 Å². The zero-order valence-corrected chi connectivity index (χ0v) is 18.0. The standard InChI is InChI=1S/C22H30N6O3/c1-13(2)10-18(28-22(31)19-26-16-6-4-5-7-17(16)27-19)21(30)25-15(12-23-3)11-14-8-9-24-20(14)29/h4-7,13-15,18H,3,8-12H2,1-2H3,(H,24,29)(H,25,30)(H,26,27)(H,28,31). The average molecular weight is 427 g/mol. The van der Waals surface area contributed by atoms with Gasteiger partial charge in [-0.2, -0.15) is 0 Å². The maximum Gasteiger partial charge on any atom is 0.287 e. The number of hydrogen-bond acceptors (Lipinski definition) is 5. The molecule has 1 saturated heterocycles. The Morgan fingerprint density at radius 1 is 1.29 bits per heavy atom. The van der Waals surface area contributed by atoms with E-state index in [9.17, 15) is 14.4 Å². The van der Waals surface area contributed by atoms with Crippen molar-refractivity contribution in [2.24, 2.45) is 16.8 Å². The van der Waals surface area contributed by atoms with Crippen molar-refractivity contribution in [2.45, 2.75) is 45.2 Å². The molecule has 166 valence electrons. The van der Waals surface area contributed by atoms with Crippen LogP contribution in [0.4, 0.5) is 0 Å². The number of carbonyl (C=O) groups is 3. The number of nitrogens with zero attached hydrogens (tertiary/aromatic N) is 2. The number of nitrogens with one attached hydrogen (secondary N) is 4. The summed E-state index contributed by atoms with van der Waals surface area (Å²) >= 11 is 0. The van der Waals surface area contributed by atoms with Gasteiger partial charge in [-0.05, 0) is 44.0 Å². The molecule has 3 unspecified atom stereocenters. The van der Waals surface area contributed by atoms with E-state index in [-0.39, 0.29) is 35.5 Å². The van der Waals surface area contributed by atoms with Crippen molar-refractivity contribution in [3.63, 3.8) is 0 Å². The quantitative estimate of drug-likeness (QED) is 0.428. The second kappa shape index (κ2) is 10.2. The van der Waals surface area contributed by atoms with Crippen LogP contribution in [0, 0.1) is 11.8 Å². The molecule has 0 radical (unpaired) electrons. The molecule has 2 aromatic rings. The molecule has 3 atom stereocenters. The maximum absolute atomic E-state index is 13.0. The number of aromatic nitrogens is 2. The van der Waals surface area contributed by atoms with Crippen molar-refractivity contribution in [3.8, 4) is 0 Å². The number of aromatic amines is 1. The molecule has 1 fully saturated rings. The molecular formula is C22H30N6O3. The van der Waals surface area contributed by atoms with Crippen molar-refractivity contribution in [3.05, 3.63) is 30.1 Å². The first-order valence-electron chi connectivity index (χ1n) is 10.6. The number of amides is 3. The minimum Gasteiger partial charge on any atom is -0.356 e. The van der Waals surface area contributed by atoms with E-state index >= 15 is 0 Å². The van der Waals surface area contributed by atoms with E-state index in [0.29, 0.717) is 31.4 Å². The number of H-pyrrole nitrogens is 1. The molecule has 9 heteroatoms.